The molecule has 110 valence electrons. The van der Waals surface area contributed by atoms with Crippen LogP contribution in [0.1, 0.15) is 32.3 Å². The number of allylic oxidation sites excluding steroid dienone is 2. The molecule has 0 saturated heterocycles. The van der Waals surface area contributed by atoms with Crippen LogP contribution < -0.4 is 4.74 Å². The van der Waals surface area contributed by atoms with Crippen molar-refractivity contribution in [3.05, 3.63) is 54.1 Å². The van der Waals surface area contributed by atoms with Crippen LogP contribution in [0.3, 0.4) is 0 Å². The fraction of sp³-hybridized carbons (Fsp3) is 0.412. The molecule has 1 N–H and O–H groups in total. The minimum atomic E-state index is -0.314. The third-order valence-corrected chi connectivity index (χ3v) is 4.09. The van der Waals surface area contributed by atoms with Crippen LogP contribution in [0.15, 0.2) is 48.6 Å². The molecule has 1 rings (SSSR count). The normalized spacial score (nSPS) is 14.8. The van der Waals surface area contributed by atoms with Crippen LogP contribution >= 0.6 is 12.0 Å². The Balaban J connectivity index is 2.69. The van der Waals surface area contributed by atoms with E-state index in [-0.39, 0.29) is 4.75 Å². The van der Waals surface area contributed by atoms with E-state index in [1.54, 1.807) is 7.11 Å². The maximum absolute atomic E-state index is 9.63. The molecule has 3 heteroatoms. The zero-order valence-electron chi connectivity index (χ0n) is 12.5. The standard InChI is InChI=1S/C17H24O2S/c1-4-12-17(20-18,13-5-2)14-8-10-15-9-6-7-11-16(15)19-3/h4-7,9,11-13,18H,8,10,14H2,1-3H3. The first-order valence-corrected chi connectivity index (χ1v) is 7.71. The molecule has 0 spiro atoms. The Morgan fingerprint density at radius 3 is 2.40 bits per heavy atom. The van der Waals surface area contributed by atoms with Crippen molar-refractivity contribution >= 4 is 12.0 Å². The Morgan fingerprint density at radius 2 is 1.85 bits per heavy atom. The number of benzene rings is 1. The Kier molecular flexibility index (Phi) is 7.48. The summed E-state index contributed by atoms with van der Waals surface area (Å²) in [6.07, 6.45) is 10.9. The lowest BCUT2D eigenvalue weighted by molar-refractivity contribution is 0.408. The molecule has 0 aliphatic carbocycles. The molecular weight excluding hydrogens is 268 g/mol. The number of methoxy groups -OCH3 is 1. The van der Waals surface area contributed by atoms with Crippen molar-refractivity contribution in [3.8, 4) is 5.75 Å². The predicted octanol–water partition coefficient (Wildman–Crippen LogP) is 5.12. The van der Waals surface area contributed by atoms with Gasteiger partial charge in [0.25, 0.3) is 0 Å². The summed E-state index contributed by atoms with van der Waals surface area (Å²) in [6.45, 7) is 3.96. The third-order valence-electron chi connectivity index (χ3n) is 3.27. The maximum Gasteiger partial charge on any atom is 0.122 e. The molecule has 1 aromatic carbocycles. The van der Waals surface area contributed by atoms with Crippen LogP contribution in [0, 0.1) is 0 Å². The van der Waals surface area contributed by atoms with Crippen LogP contribution in [0.4, 0.5) is 0 Å². The van der Waals surface area contributed by atoms with Gasteiger partial charge in [-0.25, -0.2) is 0 Å². The van der Waals surface area contributed by atoms with Crippen LogP contribution in [0.25, 0.3) is 0 Å². The van der Waals surface area contributed by atoms with Gasteiger partial charge in [-0.05, 0) is 44.7 Å². The van der Waals surface area contributed by atoms with Crippen LogP contribution in [-0.2, 0) is 6.42 Å². The van der Waals surface area contributed by atoms with E-state index in [4.69, 9.17) is 4.74 Å². The minimum Gasteiger partial charge on any atom is -0.496 e. The van der Waals surface area contributed by atoms with Gasteiger partial charge in [0.15, 0.2) is 0 Å². The van der Waals surface area contributed by atoms with E-state index >= 15 is 0 Å². The molecular formula is C17H24O2S. The van der Waals surface area contributed by atoms with E-state index in [0.29, 0.717) is 0 Å². The zero-order valence-corrected chi connectivity index (χ0v) is 13.3. The van der Waals surface area contributed by atoms with E-state index in [1.807, 2.05) is 44.2 Å². The number of para-hydroxylation sites is 1. The predicted molar refractivity (Wildman–Crippen MR) is 88.5 cm³/mol. The summed E-state index contributed by atoms with van der Waals surface area (Å²) in [4.78, 5) is 0. The van der Waals surface area contributed by atoms with Gasteiger partial charge in [-0.15, -0.1) is 0 Å². The van der Waals surface area contributed by atoms with E-state index in [1.165, 1.54) is 5.56 Å². The number of aryl methyl sites for hydroxylation is 1. The van der Waals surface area contributed by atoms with Crippen molar-refractivity contribution in [1.82, 2.24) is 0 Å². The van der Waals surface area contributed by atoms with Crippen molar-refractivity contribution in [2.45, 2.75) is 37.9 Å². The van der Waals surface area contributed by atoms with Gasteiger partial charge in [0.2, 0.25) is 0 Å². The topological polar surface area (TPSA) is 29.5 Å². The number of hydrogen-bond acceptors (Lipinski definition) is 3. The lowest BCUT2D eigenvalue weighted by atomic mass is 9.97. The molecule has 1 aromatic rings. The first-order valence-electron chi connectivity index (χ1n) is 6.93. The van der Waals surface area contributed by atoms with E-state index in [9.17, 15) is 4.55 Å². The summed E-state index contributed by atoms with van der Waals surface area (Å²) in [5.41, 5.74) is 1.22. The van der Waals surface area contributed by atoms with Gasteiger partial charge in [-0.2, -0.15) is 0 Å². The molecule has 0 aliphatic heterocycles. The van der Waals surface area contributed by atoms with Gasteiger partial charge in [-0.3, -0.25) is 0 Å². The van der Waals surface area contributed by atoms with Crippen molar-refractivity contribution < 1.29 is 9.29 Å². The largest absolute Gasteiger partial charge is 0.496 e. The summed E-state index contributed by atoms with van der Waals surface area (Å²) in [5.74, 6) is 0.937. The summed E-state index contributed by atoms with van der Waals surface area (Å²) in [6, 6.07) is 8.10. The highest BCUT2D eigenvalue weighted by atomic mass is 32.2. The van der Waals surface area contributed by atoms with Gasteiger partial charge in [0, 0.05) is 12.0 Å². The second-order valence-corrected chi connectivity index (χ2v) is 5.65. The van der Waals surface area contributed by atoms with Crippen molar-refractivity contribution in [1.29, 1.82) is 0 Å². The first-order chi connectivity index (χ1) is 9.71. The van der Waals surface area contributed by atoms with Crippen LogP contribution in [-0.4, -0.2) is 16.4 Å². The second-order valence-electron chi connectivity index (χ2n) is 4.71. The van der Waals surface area contributed by atoms with Crippen molar-refractivity contribution in [2.75, 3.05) is 7.11 Å². The highest BCUT2D eigenvalue weighted by Crippen LogP contribution is 2.32. The zero-order chi connectivity index (χ0) is 14.8. The highest BCUT2D eigenvalue weighted by Gasteiger charge is 2.23. The fourth-order valence-corrected chi connectivity index (χ4v) is 2.99. The van der Waals surface area contributed by atoms with E-state index in [2.05, 4.69) is 18.2 Å². The summed E-state index contributed by atoms with van der Waals surface area (Å²) < 4.78 is 14.7. The fourth-order valence-electron chi connectivity index (χ4n) is 2.36. The highest BCUT2D eigenvalue weighted by molar-refractivity contribution is 7.95. The molecule has 0 aliphatic rings. The molecule has 0 saturated carbocycles. The molecule has 0 unspecified atom stereocenters. The van der Waals surface area contributed by atoms with E-state index in [0.717, 1.165) is 37.1 Å². The average molecular weight is 292 g/mol. The molecule has 0 radical (unpaired) electrons. The first kappa shape index (κ1) is 16.9. The Hall–Kier alpha value is -1.19. The third kappa shape index (κ3) is 4.73. The van der Waals surface area contributed by atoms with Crippen molar-refractivity contribution in [3.63, 3.8) is 0 Å². The molecule has 0 aromatic heterocycles. The molecule has 0 amide bonds. The lowest BCUT2D eigenvalue weighted by Crippen LogP contribution is -2.18. The molecule has 0 heterocycles. The second kappa shape index (κ2) is 8.88. The number of rotatable bonds is 8. The van der Waals surface area contributed by atoms with Crippen molar-refractivity contribution in [2.24, 2.45) is 0 Å². The van der Waals surface area contributed by atoms with E-state index < -0.39 is 0 Å². The monoisotopic (exact) mass is 292 g/mol. The van der Waals surface area contributed by atoms with Gasteiger partial charge in [0.1, 0.15) is 5.75 Å². The van der Waals surface area contributed by atoms with Gasteiger partial charge < -0.3 is 9.29 Å². The van der Waals surface area contributed by atoms with Gasteiger partial charge in [-0.1, -0.05) is 42.5 Å². The van der Waals surface area contributed by atoms with Crippen LogP contribution in [0.5, 0.6) is 5.75 Å². The van der Waals surface area contributed by atoms with Gasteiger partial charge in [0.05, 0.1) is 11.9 Å². The average Bonchev–Trinajstić information content (AvgIpc) is 2.48. The molecule has 0 bridgehead atoms. The molecule has 0 fully saturated rings. The lowest BCUT2D eigenvalue weighted by Gasteiger charge is -2.23. The quantitative estimate of drug-likeness (QED) is 0.533. The Morgan fingerprint density at radius 1 is 1.20 bits per heavy atom. The minimum absolute atomic E-state index is 0.314. The summed E-state index contributed by atoms with van der Waals surface area (Å²) in [7, 11) is 1.70. The van der Waals surface area contributed by atoms with Crippen LogP contribution in [0.2, 0.25) is 0 Å². The SMILES string of the molecule is CC=CC(C=CC)(CCCc1ccccc1OC)SO. The molecule has 0 atom stereocenters. The number of hydrogen-bond donors (Lipinski definition) is 1. The summed E-state index contributed by atoms with van der Waals surface area (Å²) >= 11 is 0.907. The Labute approximate surface area is 126 Å². The smallest absolute Gasteiger partial charge is 0.122 e. The summed E-state index contributed by atoms with van der Waals surface area (Å²) in [5, 5.41) is 0. The maximum atomic E-state index is 9.63. The molecule has 20 heavy (non-hydrogen) atoms. The van der Waals surface area contributed by atoms with Gasteiger partial charge >= 0.3 is 0 Å². The Bertz CT molecular complexity index is 440. The number of ether oxygens (including phenoxy) is 1. The molecule has 2 nitrogen and oxygen atoms in total.